The van der Waals surface area contributed by atoms with Crippen LogP contribution in [0.3, 0.4) is 0 Å². The number of hydrogen-bond acceptors (Lipinski definition) is 4. The van der Waals surface area contributed by atoms with Crippen LogP contribution in [0.4, 0.5) is 0 Å². The first-order valence-electron chi connectivity index (χ1n) is 7.27. The Bertz CT molecular complexity index is 353. The first kappa shape index (κ1) is 17.3. The smallest absolute Gasteiger partial charge is 0.235 e. The summed E-state index contributed by atoms with van der Waals surface area (Å²) in [5.74, 6) is 0.0831. The van der Waals surface area contributed by atoms with Crippen LogP contribution in [0.1, 0.15) is 20.3 Å². The number of amides is 1. The van der Waals surface area contributed by atoms with Crippen LogP contribution in [0, 0.1) is 5.41 Å². The van der Waals surface area contributed by atoms with Crippen LogP contribution < -0.4 is 5.73 Å². The first-order valence-corrected chi connectivity index (χ1v) is 7.68. The highest BCUT2D eigenvalue weighted by atomic mass is 32.1. The van der Waals surface area contributed by atoms with Gasteiger partial charge in [-0.1, -0.05) is 19.1 Å². The summed E-state index contributed by atoms with van der Waals surface area (Å²) in [6, 6.07) is 0. The van der Waals surface area contributed by atoms with Crippen molar-refractivity contribution in [1.29, 1.82) is 0 Å². The van der Waals surface area contributed by atoms with E-state index in [1.165, 1.54) is 0 Å². The van der Waals surface area contributed by atoms with Gasteiger partial charge in [-0.15, -0.1) is 0 Å². The van der Waals surface area contributed by atoms with Gasteiger partial charge in [0, 0.05) is 39.3 Å². The molecule has 116 valence electrons. The largest absolute Gasteiger partial charge is 0.392 e. The van der Waals surface area contributed by atoms with E-state index in [0.29, 0.717) is 11.4 Å². The quantitative estimate of drug-likeness (QED) is 0.720. The van der Waals surface area contributed by atoms with Crippen molar-refractivity contribution < 1.29 is 4.79 Å². The van der Waals surface area contributed by atoms with Crippen LogP contribution in [0.5, 0.6) is 0 Å². The van der Waals surface area contributed by atoms with Crippen LogP contribution in [0.15, 0.2) is 0 Å². The lowest BCUT2D eigenvalue weighted by atomic mass is 9.85. The molecule has 0 aromatic heterocycles. The summed E-state index contributed by atoms with van der Waals surface area (Å²) in [6.07, 6.45) is 0.655. The fraction of sp³-hybridized carbons (Fsp3) is 0.857. The lowest BCUT2D eigenvalue weighted by molar-refractivity contribution is -0.139. The van der Waals surface area contributed by atoms with E-state index in [0.717, 1.165) is 39.3 Å². The molecule has 20 heavy (non-hydrogen) atoms. The van der Waals surface area contributed by atoms with Crippen molar-refractivity contribution in [3.05, 3.63) is 0 Å². The normalized spacial score (nSPS) is 19.9. The molecule has 1 fully saturated rings. The van der Waals surface area contributed by atoms with Gasteiger partial charge in [0.05, 0.1) is 10.4 Å². The predicted octanol–water partition coefficient (Wildman–Crippen LogP) is 0.395. The van der Waals surface area contributed by atoms with Crippen molar-refractivity contribution in [3.8, 4) is 0 Å². The molecule has 2 N–H and O–H groups in total. The summed E-state index contributed by atoms with van der Waals surface area (Å²) in [7, 11) is 4.16. The minimum atomic E-state index is -0.693. The maximum atomic E-state index is 12.6. The van der Waals surface area contributed by atoms with Crippen LogP contribution in [0.2, 0.25) is 0 Å². The third-order valence-electron chi connectivity index (χ3n) is 4.25. The number of thiocarbonyl (C=S) groups is 1. The summed E-state index contributed by atoms with van der Waals surface area (Å²) >= 11 is 5.08. The van der Waals surface area contributed by atoms with Gasteiger partial charge in [-0.3, -0.25) is 9.69 Å². The summed E-state index contributed by atoms with van der Waals surface area (Å²) < 4.78 is 0. The van der Waals surface area contributed by atoms with Crippen LogP contribution in [-0.2, 0) is 4.79 Å². The Morgan fingerprint density at radius 3 is 2.25 bits per heavy atom. The number of piperazine rings is 1. The van der Waals surface area contributed by atoms with Gasteiger partial charge in [-0.2, -0.15) is 0 Å². The van der Waals surface area contributed by atoms with Crippen molar-refractivity contribution in [2.45, 2.75) is 20.3 Å². The van der Waals surface area contributed by atoms with Crippen molar-refractivity contribution in [3.63, 3.8) is 0 Å². The average Bonchev–Trinajstić information content (AvgIpc) is 2.43. The number of carbonyl (C=O) groups excluding carboxylic acids is 1. The van der Waals surface area contributed by atoms with Gasteiger partial charge in [0.15, 0.2) is 0 Å². The van der Waals surface area contributed by atoms with Gasteiger partial charge in [0.25, 0.3) is 0 Å². The minimum absolute atomic E-state index is 0.0831. The van der Waals surface area contributed by atoms with Gasteiger partial charge >= 0.3 is 0 Å². The second kappa shape index (κ2) is 7.33. The van der Waals surface area contributed by atoms with Crippen LogP contribution in [0.25, 0.3) is 0 Å². The van der Waals surface area contributed by atoms with Crippen LogP contribution in [-0.4, -0.2) is 79.0 Å². The molecule has 1 atom stereocenters. The van der Waals surface area contributed by atoms with E-state index in [1.807, 2.05) is 18.7 Å². The number of carbonyl (C=O) groups is 1. The highest BCUT2D eigenvalue weighted by Crippen LogP contribution is 2.25. The number of likely N-dealkylation sites (N-methyl/N-ethyl adjacent to an activating group) is 1. The van der Waals surface area contributed by atoms with E-state index in [-0.39, 0.29) is 5.91 Å². The van der Waals surface area contributed by atoms with Crippen molar-refractivity contribution >= 4 is 23.1 Å². The van der Waals surface area contributed by atoms with E-state index in [4.69, 9.17) is 18.0 Å². The van der Waals surface area contributed by atoms with E-state index < -0.39 is 5.41 Å². The lowest BCUT2D eigenvalue weighted by Gasteiger charge is -2.39. The Morgan fingerprint density at radius 2 is 1.85 bits per heavy atom. The minimum Gasteiger partial charge on any atom is -0.392 e. The third kappa shape index (κ3) is 4.14. The second-order valence-corrected chi connectivity index (χ2v) is 6.43. The molecule has 1 unspecified atom stereocenters. The molecular formula is C14H28N4OS. The molecule has 1 aliphatic rings. The third-order valence-corrected chi connectivity index (χ3v) is 4.70. The van der Waals surface area contributed by atoms with E-state index >= 15 is 0 Å². The highest BCUT2D eigenvalue weighted by molar-refractivity contribution is 7.80. The van der Waals surface area contributed by atoms with Crippen molar-refractivity contribution in [2.24, 2.45) is 11.1 Å². The zero-order valence-corrected chi connectivity index (χ0v) is 14.0. The van der Waals surface area contributed by atoms with E-state index in [9.17, 15) is 4.79 Å². The number of nitrogens with two attached hydrogens (primary N) is 1. The maximum Gasteiger partial charge on any atom is 0.235 e. The molecule has 0 saturated carbocycles. The zero-order valence-electron chi connectivity index (χ0n) is 13.2. The number of nitrogens with zero attached hydrogens (tertiary/aromatic N) is 3. The Labute approximate surface area is 128 Å². The SMILES string of the molecule is CCC(C)(C(=O)N1CCN(CCN(C)C)CC1)C(N)=S. The predicted molar refractivity (Wildman–Crippen MR) is 86.8 cm³/mol. The van der Waals surface area contributed by atoms with Gasteiger partial charge in [-0.25, -0.2) is 0 Å². The zero-order chi connectivity index (χ0) is 15.3. The van der Waals surface area contributed by atoms with E-state index in [1.54, 1.807) is 0 Å². The molecule has 1 heterocycles. The molecule has 1 rings (SSSR count). The van der Waals surface area contributed by atoms with Crippen molar-refractivity contribution in [1.82, 2.24) is 14.7 Å². The summed E-state index contributed by atoms with van der Waals surface area (Å²) in [6.45, 7) is 9.31. The lowest BCUT2D eigenvalue weighted by Crippen LogP contribution is -2.55. The van der Waals surface area contributed by atoms with Gasteiger partial charge in [0.2, 0.25) is 5.91 Å². The molecule has 0 spiro atoms. The monoisotopic (exact) mass is 300 g/mol. The maximum absolute atomic E-state index is 12.6. The second-order valence-electron chi connectivity index (χ2n) is 5.99. The van der Waals surface area contributed by atoms with Crippen molar-refractivity contribution in [2.75, 3.05) is 53.4 Å². The van der Waals surface area contributed by atoms with Gasteiger partial charge in [-0.05, 0) is 27.4 Å². The number of hydrogen-bond donors (Lipinski definition) is 1. The molecule has 1 aliphatic heterocycles. The highest BCUT2D eigenvalue weighted by Gasteiger charge is 2.38. The topological polar surface area (TPSA) is 52.8 Å². The molecule has 0 aromatic rings. The summed E-state index contributed by atoms with van der Waals surface area (Å²) in [5.41, 5.74) is 5.07. The average molecular weight is 300 g/mol. The Hall–Kier alpha value is -0.720. The molecule has 5 nitrogen and oxygen atoms in total. The Kier molecular flexibility index (Phi) is 6.36. The summed E-state index contributed by atoms with van der Waals surface area (Å²) in [4.78, 5) is 19.4. The first-order chi connectivity index (χ1) is 9.31. The molecule has 0 aromatic carbocycles. The molecule has 0 bridgehead atoms. The molecular weight excluding hydrogens is 272 g/mol. The molecule has 1 amide bonds. The summed E-state index contributed by atoms with van der Waals surface area (Å²) in [5, 5.41) is 0. The Balaban J connectivity index is 2.52. The van der Waals surface area contributed by atoms with E-state index in [2.05, 4.69) is 23.9 Å². The van der Waals surface area contributed by atoms with Crippen LogP contribution >= 0.6 is 12.2 Å². The fourth-order valence-corrected chi connectivity index (χ4v) is 2.53. The molecule has 1 saturated heterocycles. The Morgan fingerprint density at radius 1 is 1.30 bits per heavy atom. The molecule has 6 heteroatoms. The molecule has 0 radical (unpaired) electrons. The van der Waals surface area contributed by atoms with Gasteiger partial charge in [0.1, 0.15) is 0 Å². The van der Waals surface area contributed by atoms with Gasteiger partial charge < -0.3 is 15.5 Å². The fourth-order valence-electron chi connectivity index (χ4n) is 2.30. The standard InChI is InChI=1S/C14H28N4OS/c1-5-14(2,12(15)20)13(19)18-10-8-17(9-11-18)7-6-16(3)4/h5-11H2,1-4H3,(H2,15,20). The number of rotatable bonds is 6. The molecule has 0 aliphatic carbocycles.